The van der Waals surface area contributed by atoms with E-state index in [1.54, 1.807) is 0 Å². The molecular formula is C11H3F19O3. The van der Waals surface area contributed by atoms with E-state index in [1.165, 1.54) is 4.74 Å². The van der Waals surface area contributed by atoms with Gasteiger partial charge in [-0.05, 0) is 0 Å². The summed E-state index contributed by atoms with van der Waals surface area (Å²) in [6, 6.07) is 0. The van der Waals surface area contributed by atoms with Crippen molar-refractivity contribution in [3.8, 4) is 0 Å². The van der Waals surface area contributed by atoms with E-state index in [-0.39, 0.29) is 0 Å². The number of hydrogen-bond donors (Lipinski definition) is 1. The molecule has 33 heavy (non-hydrogen) atoms. The molecule has 1 N–H and O–H groups in total. The van der Waals surface area contributed by atoms with E-state index >= 15 is 0 Å². The van der Waals surface area contributed by atoms with E-state index in [0.717, 1.165) is 0 Å². The molecule has 0 heterocycles. The molecule has 198 valence electrons. The van der Waals surface area contributed by atoms with Crippen molar-refractivity contribution in [3.05, 3.63) is 0 Å². The minimum Gasteiger partial charge on any atom is -0.390 e. The van der Waals surface area contributed by atoms with Crippen LogP contribution in [0.3, 0.4) is 0 Å². The highest BCUT2D eigenvalue weighted by molar-refractivity contribution is 5.79. The van der Waals surface area contributed by atoms with Crippen LogP contribution in [-0.2, 0) is 9.53 Å². The van der Waals surface area contributed by atoms with Crippen molar-refractivity contribution in [3.63, 3.8) is 0 Å². The molecule has 0 aliphatic rings. The SMILES string of the molecule is O=C(OC(F)(F)F)C(F)(F)C(F)(F)C(F)(F)C(F)(F)C(F)(F)C(F)(F)C(F)(F)C(F)(F)CO. The standard InChI is InChI=1S/C11H3F19O3/c12-3(13,1-31)5(16,17)7(20,21)9(24,25)10(26,27)8(22,23)6(18,19)4(14,15)2(32)33-11(28,29)30/h31H,1H2. The van der Waals surface area contributed by atoms with Crippen molar-refractivity contribution in [1.82, 2.24) is 0 Å². The van der Waals surface area contributed by atoms with Crippen LogP contribution >= 0.6 is 0 Å². The molecule has 3 nitrogen and oxygen atoms in total. The number of esters is 1. The molecule has 0 saturated heterocycles. The molecule has 0 spiro atoms. The number of rotatable bonds is 9. The molecular weight excluding hydrogens is 541 g/mol. The fraction of sp³-hybridized carbons (Fsp3) is 0.909. The number of hydrogen-bond acceptors (Lipinski definition) is 3. The van der Waals surface area contributed by atoms with E-state index in [0.29, 0.717) is 0 Å². The van der Waals surface area contributed by atoms with E-state index in [4.69, 9.17) is 5.11 Å². The van der Waals surface area contributed by atoms with Gasteiger partial charge in [0.1, 0.15) is 6.61 Å². The van der Waals surface area contributed by atoms with Crippen molar-refractivity contribution in [2.75, 3.05) is 6.61 Å². The van der Waals surface area contributed by atoms with Gasteiger partial charge in [-0.2, -0.15) is 70.2 Å². The average Bonchev–Trinajstić information content (AvgIpc) is 2.58. The quantitative estimate of drug-likeness (QED) is 0.324. The van der Waals surface area contributed by atoms with Gasteiger partial charge in [0, 0.05) is 0 Å². The van der Waals surface area contributed by atoms with Crippen LogP contribution in [0.15, 0.2) is 0 Å². The van der Waals surface area contributed by atoms with Gasteiger partial charge in [0.25, 0.3) is 0 Å². The van der Waals surface area contributed by atoms with Crippen LogP contribution in [0.1, 0.15) is 0 Å². The average molecular weight is 544 g/mol. The van der Waals surface area contributed by atoms with Crippen molar-refractivity contribution in [1.29, 1.82) is 0 Å². The highest BCUT2D eigenvalue weighted by Gasteiger charge is 2.95. The van der Waals surface area contributed by atoms with Gasteiger partial charge in [-0.25, -0.2) is 4.79 Å². The van der Waals surface area contributed by atoms with Gasteiger partial charge in [-0.15, -0.1) is 13.2 Å². The number of alkyl halides is 19. The molecule has 22 heteroatoms. The minimum atomic E-state index is -8.93. The molecule has 0 radical (unpaired) electrons. The van der Waals surface area contributed by atoms with Crippen LogP contribution in [-0.4, -0.2) is 71.4 Å². The third-order valence-corrected chi connectivity index (χ3v) is 3.49. The topological polar surface area (TPSA) is 46.5 Å². The Labute approximate surface area is 166 Å². The highest BCUT2D eigenvalue weighted by Crippen LogP contribution is 2.63. The molecule has 0 aliphatic carbocycles. The van der Waals surface area contributed by atoms with Crippen molar-refractivity contribution in [2.24, 2.45) is 0 Å². The van der Waals surface area contributed by atoms with Gasteiger partial charge in [0.05, 0.1) is 0 Å². The Morgan fingerprint density at radius 1 is 0.515 bits per heavy atom. The second-order valence-corrected chi connectivity index (χ2v) is 5.72. The Hall–Kier alpha value is -1.90. The van der Waals surface area contributed by atoms with Crippen LogP contribution in [0.4, 0.5) is 83.4 Å². The molecule has 0 aromatic rings. The summed E-state index contributed by atoms with van der Waals surface area (Å²) >= 11 is 0. The molecule has 0 bridgehead atoms. The summed E-state index contributed by atoms with van der Waals surface area (Å²) in [5.74, 6) is -71.3. The van der Waals surface area contributed by atoms with Crippen LogP contribution < -0.4 is 0 Å². The Bertz CT molecular complexity index is 736. The fourth-order valence-corrected chi connectivity index (χ4v) is 1.61. The lowest BCUT2D eigenvalue weighted by molar-refractivity contribution is -0.453. The maximum atomic E-state index is 13.3. The maximum Gasteiger partial charge on any atom is 0.575 e. The lowest BCUT2D eigenvalue weighted by Crippen LogP contribution is -2.75. The van der Waals surface area contributed by atoms with E-state index in [2.05, 4.69) is 0 Å². The summed E-state index contributed by atoms with van der Waals surface area (Å²) in [5.41, 5.74) is 0. The Kier molecular flexibility index (Phi) is 7.37. The zero-order valence-electron chi connectivity index (χ0n) is 14.2. The highest BCUT2D eigenvalue weighted by atomic mass is 19.4. The van der Waals surface area contributed by atoms with Gasteiger partial charge in [-0.3, -0.25) is 0 Å². The Balaban J connectivity index is 6.79. The van der Waals surface area contributed by atoms with Gasteiger partial charge in [0.2, 0.25) is 0 Å². The molecule has 0 fully saturated rings. The second kappa shape index (κ2) is 7.82. The third-order valence-electron chi connectivity index (χ3n) is 3.49. The number of carbonyl (C=O) groups is 1. The summed E-state index contributed by atoms with van der Waals surface area (Å²) < 4.78 is 246. The largest absolute Gasteiger partial charge is 0.575 e. The number of ether oxygens (including phenoxy) is 1. The van der Waals surface area contributed by atoms with Gasteiger partial charge < -0.3 is 9.84 Å². The zero-order valence-corrected chi connectivity index (χ0v) is 14.2. The molecule has 0 unspecified atom stereocenters. The Morgan fingerprint density at radius 2 is 0.788 bits per heavy atom. The Morgan fingerprint density at radius 3 is 1.06 bits per heavy atom. The van der Waals surface area contributed by atoms with Crippen LogP contribution in [0, 0.1) is 0 Å². The van der Waals surface area contributed by atoms with Gasteiger partial charge in [-0.1, -0.05) is 0 Å². The van der Waals surface area contributed by atoms with E-state index < -0.39 is 66.3 Å². The van der Waals surface area contributed by atoms with E-state index in [1.807, 2.05) is 0 Å². The number of halogens is 19. The first-order valence-electron chi connectivity index (χ1n) is 6.87. The van der Waals surface area contributed by atoms with Gasteiger partial charge >= 0.3 is 59.7 Å². The lowest BCUT2D eigenvalue weighted by atomic mass is 9.87. The molecule has 0 rings (SSSR count). The van der Waals surface area contributed by atoms with Crippen molar-refractivity contribution >= 4 is 5.97 Å². The predicted molar refractivity (Wildman–Crippen MR) is 58.8 cm³/mol. The summed E-state index contributed by atoms with van der Waals surface area (Å²) in [6.07, 6.45) is -6.72. The first-order valence-corrected chi connectivity index (χ1v) is 6.87. The molecule has 0 aromatic carbocycles. The maximum absolute atomic E-state index is 13.3. The number of carbonyl (C=O) groups excluding carboxylic acids is 1. The first-order chi connectivity index (χ1) is 13.9. The van der Waals surface area contributed by atoms with Crippen molar-refractivity contribution in [2.45, 2.75) is 53.7 Å². The normalized spacial score (nSPS) is 16.1. The van der Waals surface area contributed by atoms with Crippen molar-refractivity contribution < 1.29 is 98.1 Å². The summed E-state index contributed by atoms with van der Waals surface area (Å²) in [6.45, 7) is -3.56. The molecule has 0 aromatic heterocycles. The monoisotopic (exact) mass is 544 g/mol. The second-order valence-electron chi connectivity index (χ2n) is 5.72. The molecule has 0 atom stereocenters. The first kappa shape index (κ1) is 31.1. The van der Waals surface area contributed by atoms with Gasteiger partial charge in [0.15, 0.2) is 0 Å². The summed E-state index contributed by atoms with van der Waals surface area (Å²) in [4.78, 5) is 10.3. The minimum absolute atomic E-state index is 1.53. The molecule has 0 aliphatic heterocycles. The number of aliphatic hydroxyl groups is 1. The van der Waals surface area contributed by atoms with Crippen LogP contribution in [0.5, 0.6) is 0 Å². The zero-order chi connectivity index (χ0) is 27.5. The van der Waals surface area contributed by atoms with Crippen LogP contribution in [0.2, 0.25) is 0 Å². The summed E-state index contributed by atoms with van der Waals surface area (Å²) in [7, 11) is 0. The molecule has 0 amide bonds. The fourth-order valence-electron chi connectivity index (χ4n) is 1.61. The predicted octanol–water partition coefficient (Wildman–Crippen LogP) is 5.12. The van der Waals surface area contributed by atoms with E-state index in [9.17, 15) is 88.2 Å². The molecule has 0 saturated carbocycles. The third kappa shape index (κ3) is 4.21. The summed E-state index contributed by atoms with van der Waals surface area (Å²) in [5, 5.41) is 7.80. The van der Waals surface area contributed by atoms with Crippen LogP contribution in [0.25, 0.3) is 0 Å². The lowest BCUT2D eigenvalue weighted by Gasteiger charge is -2.43. The smallest absolute Gasteiger partial charge is 0.390 e. The number of aliphatic hydroxyl groups excluding tert-OH is 1.